The summed E-state index contributed by atoms with van der Waals surface area (Å²) in [5, 5.41) is 3.14. The Kier molecular flexibility index (Phi) is 6.41. The minimum absolute atomic E-state index is 0.0513. The molecule has 130 valence electrons. The van der Waals surface area contributed by atoms with Gasteiger partial charge in [0.2, 0.25) is 5.91 Å². The third-order valence-corrected chi connectivity index (χ3v) is 7.40. The number of amides is 1. The van der Waals surface area contributed by atoms with Gasteiger partial charge in [-0.25, -0.2) is 8.42 Å². The van der Waals surface area contributed by atoms with Gasteiger partial charge in [0.05, 0.1) is 31.6 Å². The van der Waals surface area contributed by atoms with E-state index in [1.165, 1.54) is 31.3 Å². The molecule has 0 spiro atoms. The van der Waals surface area contributed by atoms with Crippen LogP contribution >= 0.6 is 57.7 Å². The Bertz CT molecular complexity index is 883. The van der Waals surface area contributed by atoms with E-state index in [0.29, 0.717) is 4.34 Å². The number of carbonyl (C=O) groups is 1. The van der Waals surface area contributed by atoms with Crippen molar-refractivity contribution in [1.82, 2.24) is 4.31 Å². The van der Waals surface area contributed by atoms with E-state index in [-0.39, 0.29) is 25.0 Å². The van der Waals surface area contributed by atoms with Crippen molar-refractivity contribution in [2.24, 2.45) is 0 Å². The lowest BCUT2D eigenvalue weighted by molar-refractivity contribution is -0.116. The normalized spacial score (nSPS) is 11.8. The maximum Gasteiger partial charge on any atom is 0.252 e. The van der Waals surface area contributed by atoms with Crippen LogP contribution in [0.25, 0.3) is 0 Å². The second-order valence-electron chi connectivity index (χ2n) is 4.61. The van der Waals surface area contributed by atoms with Gasteiger partial charge in [0.25, 0.3) is 10.0 Å². The third kappa shape index (κ3) is 4.54. The number of hydrogen-bond donors (Lipinski definition) is 1. The highest BCUT2D eigenvalue weighted by Crippen LogP contribution is 2.32. The first-order chi connectivity index (χ1) is 11.1. The molecule has 0 aliphatic heterocycles. The monoisotopic (exact) mass is 446 g/mol. The van der Waals surface area contributed by atoms with E-state index in [1.54, 1.807) is 0 Å². The number of sulfonamides is 1. The second kappa shape index (κ2) is 7.78. The van der Waals surface area contributed by atoms with E-state index in [9.17, 15) is 13.2 Å². The maximum atomic E-state index is 12.3. The van der Waals surface area contributed by atoms with Gasteiger partial charge in [-0.2, -0.15) is 4.31 Å². The lowest BCUT2D eigenvalue weighted by Gasteiger charge is -2.16. The van der Waals surface area contributed by atoms with Crippen molar-refractivity contribution in [3.05, 3.63) is 43.7 Å². The van der Waals surface area contributed by atoms with Crippen LogP contribution in [0.5, 0.6) is 0 Å². The number of carbonyl (C=O) groups excluding carboxylic acids is 1. The van der Waals surface area contributed by atoms with E-state index in [2.05, 4.69) is 5.32 Å². The van der Waals surface area contributed by atoms with E-state index in [1.807, 2.05) is 0 Å². The van der Waals surface area contributed by atoms with Crippen LogP contribution in [0.3, 0.4) is 0 Å². The van der Waals surface area contributed by atoms with Crippen LogP contribution in [0, 0.1) is 0 Å². The summed E-state index contributed by atoms with van der Waals surface area (Å²) in [4.78, 5) is 12.1. The largest absolute Gasteiger partial charge is 0.324 e. The van der Waals surface area contributed by atoms with Crippen LogP contribution in [0.15, 0.2) is 28.5 Å². The Morgan fingerprint density at radius 3 is 2.33 bits per heavy atom. The Hall–Kier alpha value is -0.540. The fraction of sp³-hybridized carbons (Fsp3) is 0.154. The first kappa shape index (κ1) is 19.8. The smallest absolute Gasteiger partial charge is 0.252 e. The van der Waals surface area contributed by atoms with Crippen LogP contribution in [-0.2, 0) is 14.8 Å². The van der Waals surface area contributed by atoms with Crippen molar-refractivity contribution in [3.8, 4) is 0 Å². The van der Waals surface area contributed by atoms with Gasteiger partial charge in [0.15, 0.2) is 0 Å². The van der Waals surface area contributed by atoms with Crippen LogP contribution < -0.4 is 5.32 Å². The zero-order valence-corrected chi connectivity index (χ0v) is 16.7. The Labute approximate surface area is 163 Å². The molecule has 0 atom stereocenters. The minimum Gasteiger partial charge on any atom is -0.324 e. The predicted molar refractivity (Wildman–Crippen MR) is 99.2 cm³/mol. The van der Waals surface area contributed by atoms with Gasteiger partial charge in [-0.3, -0.25) is 4.79 Å². The molecule has 0 bridgehead atoms. The molecule has 0 fully saturated rings. The molecule has 0 aliphatic rings. The average molecular weight is 448 g/mol. The first-order valence-corrected chi connectivity index (χ1v) is 10.0. The third-order valence-electron chi connectivity index (χ3n) is 2.86. The molecule has 1 aromatic carbocycles. The van der Waals surface area contributed by atoms with E-state index >= 15 is 0 Å². The summed E-state index contributed by atoms with van der Waals surface area (Å²) in [5.74, 6) is -0.580. The van der Waals surface area contributed by atoms with Gasteiger partial charge in [0.1, 0.15) is 4.21 Å². The first-order valence-electron chi connectivity index (χ1n) is 6.27. The van der Waals surface area contributed by atoms with Crippen molar-refractivity contribution in [2.45, 2.75) is 4.21 Å². The predicted octanol–water partition coefficient (Wildman–Crippen LogP) is 4.62. The fourth-order valence-corrected chi connectivity index (χ4v) is 5.10. The summed E-state index contributed by atoms with van der Waals surface area (Å²) < 4.78 is 26.0. The van der Waals surface area contributed by atoms with Crippen LogP contribution in [0.1, 0.15) is 0 Å². The molecular formula is C13H10Cl4N2O3S2. The Morgan fingerprint density at radius 1 is 1.12 bits per heavy atom. The van der Waals surface area contributed by atoms with Gasteiger partial charge in [0, 0.05) is 7.05 Å². The summed E-state index contributed by atoms with van der Waals surface area (Å²) in [6.07, 6.45) is 0. The number of benzene rings is 1. The lowest BCUT2D eigenvalue weighted by Crippen LogP contribution is -2.34. The van der Waals surface area contributed by atoms with Crippen molar-refractivity contribution in [2.75, 3.05) is 18.9 Å². The molecule has 1 aromatic heterocycles. The topological polar surface area (TPSA) is 66.5 Å². The summed E-state index contributed by atoms with van der Waals surface area (Å²) in [5.41, 5.74) is 0.237. The number of thiophene rings is 1. The van der Waals surface area contributed by atoms with Gasteiger partial charge in [-0.1, -0.05) is 46.4 Å². The molecule has 0 saturated heterocycles. The number of rotatable bonds is 5. The molecule has 1 heterocycles. The number of nitrogens with one attached hydrogen (secondary N) is 1. The number of hydrogen-bond acceptors (Lipinski definition) is 4. The van der Waals surface area contributed by atoms with Crippen LogP contribution in [-0.4, -0.2) is 32.2 Å². The van der Waals surface area contributed by atoms with Gasteiger partial charge in [-0.05, 0) is 24.3 Å². The summed E-state index contributed by atoms with van der Waals surface area (Å²) >= 11 is 24.3. The molecule has 24 heavy (non-hydrogen) atoms. The SMILES string of the molecule is CN(CC(=O)Nc1cc(Cl)c(Cl)cc1Cl)S(=O)(=O)c1ccc(Cl)s1. The number of nitrogens with zero attached hydrogens (tertiary/aromatic N) is 1. The van der Waals surface area contributed by atoms with E-state index in [0.717, 1.165) is 15.6 Å². The molecule has 0 aliphatic carbocycles. The minimum atomic E-state index is -3.80. The van der Waals surface area contributed by atoms with Gasteiger partial charge in [-0.15, -0.1) is 11.3 Å². The maximum absolute atomic E-state index is 12.3. The molecule has 5 nitrogen and oxygen atoms in total. The molecule has 1 N–H and O–H groups in total. The highest BCUT2D eigenvalue weighted by atomic mass is 35.5. The number of anilines is 1. The van der Waals surface area contributed by atoms with E-state index < -0.39 is 22.5 Å². The Balaban J connectivity index is 2.11. The zero-order chi connectivity index (χ0) is 18.1. The highest BCUT2D eigenvalue weighted by Gasteiger charge is 2.25. The molecule has 2 aromatic rings. The average Bonchev–Trinajstić information content (AvgIpc) is 2.92. The van der Waals surface area contributed by atoms with Gasteiger partial charge < -0.3 is 5.32 Å². The molecular weight excluding hydrogens is 438 g/mol. The summed E-state index contributed by atoms with van der Waals surface area (Å²) in [6.45, 7) is -0.408. The molecule has 0 saturated carbocycles. The van der Waals surface area contributed by atoms with Crippen molar-refractivity contribution in [3.63, 3.8) is 0 Å². The molecule has 11 heteroatoms. The molecule has 0 unspecified atom stereocenters. The lowest BCUT2D eigenvalue weighted by atomic mass is 10.3. The summed E-state index contributed by atoms with van der Waals surface area (Å²) in [7, 11) is -2.51. The quantitative estimate of drug-likeness (QED) is 0.680. The second-order valence-corrected chi connectivity index (χ2v) is 9.82. The summed E-state index contributed by atoms with van der Waals surface area (Å²) in [6, 6.07) is 5.63. The fourth-order valence-electron chi connectivity index (χ4n) is 1.69. The Morgan fingerprint density at radius 2 is 1.75 bits per heavy atom. The van der Waals surface area contributed by atoms with Crippen LogP contribution in [0.4, 0.5) is 5.69 Å². The van der Waals surface area contributed by atoms with Gasteiger partial charge >= 0.3 is 0 Å². The zero-order valence-electron chi connectivity index (χ0n) is 12.0. The highest BCUT2D eigenvalue weighted by molar-refractivity contribution is 7.91. The molecule has 0 radical (unpaired) electrons. The molecule has 1 amide bonds. The van der Waals surface area contributed by atoms with E-state index in [4.69, 9.17) is 46.4 Å². The van der Waals surface area contributed by atoms with Crippen molar-refractivity contribution >= 4 is 79.4 Å². The number of likely N-dealkylation sites (N-methyl/N-ethyl adjacent to an activating group) is 1. The van der Waals surface area contributed by atoms with Crippen molar-refractivity contribution < 1.29 is 13.2 Å². The van der Waals surface area contributed by atoms with Crippen LogP contribution in [0.2, 0.25) is 19.4 Å². The standard InChI is InChI=1S/C13H10Cl4N2O3S2/c1-19(24(21,22)13-3-2-11(17)23-13)6-12(20)18-10-5-8(15)7(14)4-9(10)16/h2-5H,6H2,1H3,(H,18,20). The van der Waals surface area contributed by atoms with Crippen molar-refractivity contribution in [1.29, 1.82) is 0 Å². The molecule has 2 rings (SSSR count). The number of halogens is 4.